The zero-order chi connectivity index (χ0) is 18.7. The van der Waals surface area contributed by atoms with Crippen molar-refractivity contribution in [3.8, 4) is 10.6 Å². The highest BCUT2D eigenvalue weighted by atomic mass is 32.1. The third-order valence-electron chi connectivity index (χ3n) is 4.28. The predicted molar refractivity (Wildman–Crippen MR) is 111 cm³/mol. The van der Waals surface area contributed by atoms with Crippen LogP contribution in [0.1, 0.15) is 26.3 Å². The fourth-order valence-corrected chi connectivity index (χ4v) is 3.43. The van der Waals surface area contributed by atoms with Gasteiger partial charge in [0.25, 0.3) is 0 Å². The second-order valence-electron chi connectivity index (χ2n) is 6.71. The summed E-state index contributed by atoms with van der Waals surface area (Å²) in [4.78, 5) is 16.7. The van der Waals surface area contributed by atoms with Crippen molar-refractivity contribution in [1.82, 2.24) is 10.3 Å². The molecule has 5 heteroatoms. The molecule has 0 atom stereocenters. The first kappa shape index (κ1) is 18.1. The highest BCUT2D eigenvalue weighted by Gasteiger charge is 2.07. The average Bonchev–Trinajstić information content (AvgIpc) is 3.03. The van der Waals surface area contributed by atoms with Crippen LogP contribution in [0.2, 0.25) is 0 Å². The Kier molecular flexibility index (Phi) is 5.38. The van der Waals surface area contributed by atoms with Crippen molar-refractivity contribution in [3.05, 3.63) is 59.8 Å². The molecule has 0 aliphatic carbocycles. The molecule has 3 rings (SSSR count). The van der Waals surface area contributed by atoms with Crippen molar-refractivity contribution in [3.63, 3.8) is 0 Å². The Morgan fingerprint density at radius 3 is 2.58 bits per heavy atom. The first-order valence-electron chi connectivity index (χ1n) is 8.64. The highest BCUT2D eigenvalue weighted by molar-refractivity contribution is 7.21. The van der Waals surface area contributed by atoms with Gasteiger partial charge in [-0.25, -0.2) is 9.78 Å². The van der Waals surface area contributed by atoms with E-state index in [1.165, 1.54) is 10.3 Å². The van der Waals surface area contributed by atoms with E-state index in [0.717, 1.165) is 27.3 Å². The quantitative estimate of drug-likeness (QED) is 0.600. The van der Waals surface area contributed by atoms with Gasteiger partial charge >= 0.3 is 6.03 Å². The standard InChI is InChI=1S/C21H23N3OS/c1-13(2)15(4)12-22-21(25)23-17-8-6-16(7-9-17)20-24-18-10-5-14(3)11-19(18)26-20/h5-13H,1-4H3,(H2,22,23,25)/b15-12+. The number of aryl methyl sites for hydroxylation is 1. The number of carbonyl (C=O) groups excluding carboxylic acids is 1. The molecule has 1 heterocycles. The SMILES string of the molecule is C/C(=C\NC(=O)Nc1ccc(-c2nc3ccc(C)cc3s2)cc1)C(C)C. The number of carbonyl (C=O) groups is 1. The van der Waals surface area contributed by atoms with Gasteiger partial charge in [-0.05, 0) is 61.7 Å². The van der Waals surface area contributed by atoms with Crippen molar-refractivity contribution in [2.24, 2.45) is 5.92 Å². The van der Waals surface area contributed by atoms with E-state index in [1.54, 1.807) is 17.5 Å². The lowest BCUT2D eigenvalue weighted by Crippen LogP contribution is -2.24. The fourth-order valence-electron chi connectivity index (χ4n) is 2.36. The van der Waals surface area contributed by atoms with Crippen LogP contribution < -0.4 is 10.6 Å². The van der Waals surface area contributed by atoms with E-state index in [9.17, 15) is 4.79 Å². The summed E-state index contributed by atoms with van der Waals surface area (Å²) in [7, 11) is 0. The number of aromatic nitrogens is 1. The number of rotatable bonds is 4. The van der Waals surface area contributed by atoms with Crippen LogP contribution >= 0.6 is 11.3 Å². The number of nitrogens with one attached hydrogen (secondary N) is 2. The van der Waals surface area contributed by atoms with Crippen molar-refractivity contribution in [2.45, 2.75) is 27.7 Å². The number of hydrogen-bond acceptors (Lipinski definition) is 3. The normalized spacial score (nSPS) is 11.8. The monoisotopic (exact) mass is 365 g/mol. The summed E-state index contributed by atoms with van der Waals surface area (Å²) in [5.41, 5.74) is 5.18. The molecular weight excluding hydrogens is 342 g/mol. The second kappa shape index (κ2) is 7.70. The van der Waals surface area contributed by atoms with Gasteiger partial charge in [0.2, 0.25) is 0 Å². The van der Waals surface area contributed by atoms with Crippen molar-refractivity contribution < 1.29 is 4.79 Å². The predicted octanol–water partition coefficient (Wildman–Crippen LogP) is 5.95. The van der Waals surface area contributed by atoms with Crippen LogP contribution in [0.4, 0.5) is 10.5 Å². The maximum absolute atomic E-state index is 12.0. The van der Waals surface area contributed by atoms with E-state index in [1.807, 2.05) is 31.2 Å². The average molecular weight is 366 g/mol. The minimum Gasteiger partial charge on any atom is -0.314 e. The van der Waals surface area contributed by atoms with Crippen LogP contribution in [-0.4, -0.2) is 11.0 Å². The molecule has 0 bridgehead atoms. The minimum absolute atomic E-state index is 0.242. The van der Waals surface area contributed by atoms with Crippen molar-refractivity contribution >= 4 is 33.3 Å². The summed E-state index contributed by atoms with van der Waals surface area (Å²) in [5.74, 6) is 0.409. The van der Waals surface area contributed by atoms with E-state index < -0.39 is 0 Å². The molecule has 26 heavy (non-hydrogen) atoms. The number of allylic oxidation sites excluding steroid dienone is 1. The van der Waals surface area contributed by atoms with Gasteiger partial charge in [0.1, 0.15) is 5.01 Å². The maximum atomic E-state index is 12.0. The molecule has 0 fully saturated rings. The number of hydrogen-bond donors (Lipinski definition) is 2. The first-order valence-corrected chi connectivity index (χ1v) is 9.46. The number of amides is 2. The molecule has 3 aromatic rings. The lowest BCUT2D eigenvalue weighted by Gasteiger charge is -2.08. The number of urea groups is 1. The van der Waals surface area contributed by atoms with Gasteiger partial charge < -0.3 is 10.6 Å². The number of benzene rings is 2. The first-order chi connectivity index (χ1) is 12.4. The lowest BCUT2D eigenvalue weighted by molar-refractivity contribution is 0.255. The van der Waals surface area contributed by atoms with Crippen LogP contribution in [-0.2, 0) is 0 Å². The Balaban J connectivity index is 1.69. The zero-order valence-corrected chi connectivity index (χ0v) is 16.3. The molecule has 4 nitrogen and oxygen atoms in total. The van der Waals surface area contributed by atoms with Gasteiger partial charge in [0.05, 0.1) is 10.2 Å². The van der Waals surface area contributed by atoms with E-state index in [2.05, 4.69) is 49.6 Å². The Bertz CT molecular complexity index is 955. The molecular formula is C21H23N3OS. The van der Waals surface area contributed by atoms with Crippen LogP contribution in [0.25, 0.3) is 20.8 Å². The molecule has 1 aromatic heterocycles. The third-order valence-corrected chi connectivity index (χ3v) is 5.34. The molecule has 0 unspecified atom stereocenters. The molecule has 0 saturated heterocycles. The highest BCUT2D eigenvalue weighted by Crippen LogP contribution is 2.31. The number of nitrogens with zero attached hydrogens (tertiary/aromatic N) is 1. The topological polar surface area (TPSA) is 54.0 Å². The molecule has 134 valence electrons. The summed E-state index contributed by atoms with van der Waals surface area (Å²) in [6.07, 6.45) is 1.75. The molecule has 0 aliphatic rings. The lowest BCUT2D eigenvalue weighted by atomic mass is 10.1. The Morgan fingerprint density at radius 2 is 1.88 bits per heavy atom. The summed E-state index contributed by atoms with van der Waals surface area (Å²) in [5, 5.41) is 6.58. The maximum Gasteiger partial charge on any atom is 0.323 e. The summed E-state index contributed by atoms with van der Waals surface area (Å²) in [6, 6.07) is 13.8. The Hall–Kier alpha value is -2.66. The van der Waals surface area contributed by atoms with Crippen molar-refractivity contribution in [2.75, 3.05) is 5.32 Å². The van der Waals surface area contributed by atoms with Gasteiger partial charge in [-0.1, -0.05) is 25.5 Å². The molecule has 2 N–H and O–H groups in total. The van der Waals surface area contributed by atoms with Crippen LogP contribution in [0.15, 0.2) is 54.2 Å². The number of thiazole rings is 1. The number of anilines is 1. The van der Waals surface area contributed by atoms with E-state index in [4.69, 9.17) is 4.98 Å². The van der Waals surface area contributed by atoms with Gasteiger partial charge in [0.15, 0.2) is 0 Å². The van der Waals surface area contributed by atoms with E-state index >= 15 is 0 Å². The van der Waals surface area contributed by atoms with Crippen LogP contribution in [0.3, 0.4) is 0 Å². The van der Waals surface area contributed by atoms with E-state index in [0.29, 0.717) is 5.92 Å². The number of fused-ring (bicyclic) bond motifs is 1. The molecule has 0 aliphatic heterocycles. The van der Waals surface area contributed by atoms with Gasteiger partial charge in [0, 0.05) is 17.5 Å². The second-order valence-corrected chi connectivity index (χ2v) is 7.74. The van der Waals surface area contributed by atoms with Crippen LogP contribution in [0.5, 0.6) is 0 Å². The van der Waals surface area contributed by atoms with E-state index in [-0.39, 0.29) is 6.03 Å². The Morgan fingerprint density at radius 1 is 1.15 bits per heavy atom. The fraction of sp³-hybridized carbons (Fsp3) is 0.238. The van der Waals surface area contributed by atoms with Gasteiger partial charge in [-0.3, -0.25) is 0 Å². The zero-order valence-electron chi connectivity index (χ0n) is 15.5. The summed E-state index contributed by atoms with van der Waals surface area (Å²) < 4.78 is 1.19. The van der Waals surface area contributed by atoms with Crippen LogP contribution in [0, 0.1) is 12.8 Å². The summed E-state index contributed by atoms with van der Waals surface area (Å²) >= 11 is 1.68. The third kappa shape index (κ3) is 4.29. The Labute approximate surface area is 158 Å². The van der Waals surface area contributed by atoms with Gasteiger partial charge in [-0.15, -0.1) is 11.3 Å². The minimum atomic E-state index is -0.242. The largest absolute Gasteiger partial charge is 0.323 e. The van der Waals surface area contributed by atoms with Gasteiger partial charge in [-0.2, -0.15) is 0 Å². The molecule has 0 spiro atoms. The molecule has 2 aromatic carbocycles. The van der Waals surface area contributed by atoms with Crippen molar-refractivity contribution in [1.29, 1.82) is 0 Å². The summed E-state index contributed by atoms with van der Waals surface area (Å²) in [6.45, 7) is 8.27. The molecule has 2 amide bonds. The smallest absolute Gasteiger partial charge is 0.314 e. The molecule has 0 radical (unpaired) electrons. The molecule has 0 saturated carbocycles.